The van der Waals surface area contributed by atoms with Gasteiger partial charge in [0.2, 0.25) is 0 Å². The molecular formula is C144H288. The van der Waals surface area contributed by atoms with Gasteiger partial charge in [-0.2, -0.15) is 0 Å². The third kappa shape index (κ3) is 1230. The predicted octanol–water partition coefficient (Wildman–Crippen LogP) is 56.2. The molecule has 0 unspecified atom stereocenters. The van der Waals surface area contributed by atoms with Gasteiger partial charge in [0.05, 0.1) is 0 Å². The zero-order chi connectivity index (χ0) is 102. The fourth-order valence-electron chi connectivity index (χ4n) is 0. The summed E-state index contributed by atoms with van der Waals surface area (Å²) in [4.78, 5) is 0. The van der Waals surface area contributed by atoms with E-state index in [0.29, 0.717) is 0 Å². The number of hydrogen-bond acceptors (Lipinski definition) is 0. The first-order valence-electron chi connectivity index (χ1n) is 72.0. The maximum absolute atomic E-state index is 1.50. The molecule has 0 heteroatoms. The van der Waals surface area contributed by atoms with Crippen LogP contribution in [-0.4, -0.2) is 0 Å². The van der Waals surface area contributed by atoms with E-state index in [4.69, 9.17) is 0 Å². The quantitative estimate of drug-likeness (QED) is 0.227. The molecule has 0 radical (unpaired) electrons. The lowest BCUT2D eigenvalue weighted by atomic mass is 11.0. The minimum Gasteiger partial charge on any atom is -0.0533 e. The summed E-state index contributed by atoms with van der Waals surface area (Å²) in [5, 5.41) is 0. The Balaban J connectivity index is 0.000000735. The molecule has 0 aromatic rings. The van der Waals surface area contributed by atoms with Gasteiger partial charge in [-0.1, -0.05) is 925 Å². The lowest BCUT2D eigenvalue weighted by Gasteiger charge is -1.05. The lowest BCUT2D eigenvalue weighted by molar-refractivity contribution is 1.50. The first-order valence-corrected chi connectivity index (χ1v) is 72.0. The van der Waals surface area contributed by atoms with Gasteiger partial charge in [0.1, 0.15) is 0 Å². The van der Waals surface area contributed by atoms with E-state index in [1.165, 1.54) is 925 Å². The second-order valence-corrected chi connectivity index (χ2v) is 50.9. The van der Waals surface area contributed by atoms with Crippen LogP contribution in [0.1, 0.15) is 925 Å². The summed E-state index contributed by atoms with van der Waals surface area (Å²) >= 11 is 0. The second kappa shape index (κ2) is 139. The molecule has 0 atom stereocenters. The van der Waals surface area contributed by atoms with Gasteiger partial charge in [0, 0.05) is 0 Å². The Labute approximate surface area is 918 Å². The van der Waals surface area contributed by atoms with Crippen LogP contribution in [0.5, 0.6) is 0 Å². The van der Waals surface area contributed by atoms with E-state index < -0.39 is 0 Å². The van der Waals surface area contributed by atoms with Crippen molar-refractivity contribution in [2.75, 3.05) is 0 Å². The minimum absolute atomic E-state index is 1.50. The molecule has 0 nitrogen and oxygen atoms in total. The van der Waals surface area contributed by atoms with Crippen LogP contribution in [0, 0.1) is 0 Å². The van der Waals surface area contributed by atoms with Crippen LogP contribution in [0.4, 0.5) is 0 Å². The highest BCUT2D eigenvalue weighted by Crippen LogP contribution is 2.29. The number of rotatable bonds is 0. The minimum atomic E-state index is 1.50. The lowest BCUT2D eigenvalue weighted by Crippen LogP contribution is -0.856. The van der Waals surface area contributed by atoms with Gasteiger partial charge in [-0.15, -0.1) is 0 Å². The first-order chi connectivity index (χ1) is 72.0. The highest BCUT2D eigenvalue weighted by Gasteiger charge is 2.09. The van der Waals surface area contributed by atoms with Gasteiger partial charge in [0.25, 0.3) is 0 Å². The average Bonchev–Trinajstić information content (AvgIpc) is 4.90. The van der Waals surface area contributed by atoms with Crippen molar-refractivity contribution in [3.63, 3.8) is 0 Å². The van der Waals surface area contributed by atoms with Gasteiger partial charge < -0.3 is 0 Å². The Bertz CT molecular complexity index is 1030. The smallest absolute Gasteiger partial charge is 0.0533 e. The molecule has 48 rings (SSSR count). The normalized spacial score (nSPS) is 24.0. The van der Waals surface area contributed by atoms with Crippen LogP contribution in [-0.2, 0) is 0 Å². The highest BCUT2D eigenvalue weighted by molar-refractivity contribution is 4.64. The summed E-state index contributed by atoms with van der Waals surface area (Å²) in [5.41, 5.74) is 0. The van der Waals surface area contributed by atoms with Crippen LogP contribution >= 0.6 is 0 Å². The van der Waals surface area contributed by atoms with Crippen molar-refractivity contribution in [1.29, 1.82) is 0 Å². The maximum atomic E-state index is 1.50. The van der Waals surface area contributed by atoms with Crippen molar-refractivity contribution < 1.29 is 0 Å². The van der Waals surface area contributed by atoms with Crippen molar-refractivity contribution in [3.05, 3.63) is 0 Å². The highest BCUT2D eigenvalue weighted by atomic mass is 14.2. The summed E-state index contributed by atoms with van der Waals surface area (Å²) in [6, 6.07) is 0. The summed E-state index contributed by atoms with van der Waals surface area (Å²) in [6.45, 7) is 0. The first kappa shape index (κ1) is 142. The SMILES string of the molecule is C1CC1.C1CC1.C1CC1.C1CC1.C1CC1.C1CC1.C1CC1.C1CC1.C1CC1.C1CC1.C1CC1.C1CC1.C1CC1.C1CC1.C1CC1.C1CC1.C1CC1.C1CC1.C1CC1.C1CC1.C1CC1.C1CC1.C1CC1.C1CC1.C1CC1.C1CC1.C1CC1.C1CC1.C1CC1.C1CC1.C1CC1.C1CC1.C1CC1.C1CC1.C1CC1.C1CC1.C1CC1.C1CC1.C1CC1.C1CC1.C1CC1.C1CC1.C1CC1.C1CC1.C1CC1.C1CC1.C1CC1.C1CC1. The third-order valence-corrected chi connectivity index (χ3v) is 17.0. The molecule has 0 aromatic carbocycles. The molecule has 48 aliphatic carbocycles. The average molecular weight is 2020 g/mol. The standard InChI is InChI=1S/48C3H6/c48*1-2-3-1/h48*1-3H2. The summed E-state index contributed by atoms with van der Waals surface area (Å²) in [7, 11) is 0. The van der Waals surface area contributed by atoms with Crippen molar-refractivity contribution in [1.82, 2.24) is 0 Å². The fourth-order valence-corrected chi connectivity index (χ4v) is 0. The maximum Gasteiger partial charge on any atom is -0.0533 e. The van der Waals surface area contributed by atoms with Crippen molar-refractivity contribution in [2.24, 2.45) is 0 Å². The summed E-state index contributed by atoms with van der Waals surface area (Å²) in [5.74, 6) is 0. The van der Waals surface area contributed by atoms with Crippen LogP contribution in [0.25, 0.3) is 0 Å². The molecule has 0 aromatic heterocycles. The third-order valence-electron chi connectivity index (χ3n) is 17.0. The molecule has 0 heterocycles. The molecule has 864 valence electrons. The summed E-state index contributed by atoms with van der Waals surface area (Å²) in [6.07, 6.45) is 216. The zero-order valence-corrected chi connectivity index (χ0v) is 102. The summed E-state index contributed by atoms with van der Waals surface area (Å²) < 4.78 is 0. The van der Waals surface area contributed by atoms with Crippen LogP contribution in [0.3, 0.4) is 0 Å². The molecule has 0 amide bonds. The Morgan fingerprint density at radius 2 is 0.0208 bits per heavy atom. The molecule has 48 saturated carbocycles. The van der Waals surface area contributed by atoms with Crippen molar-refractivity contribution >= 4 is 0 Å². The topological polar surface area (TPSA) is 0 Å². The van der Waals surface area contributed by atoms with Gasteiger partial charge in [-0.25, -0.2) is 0 Å². The Kier molecular flexibility index (Phi) is 137. The molecule has 0 aliphatic heterocycles. The van der Waals surface area contributed by atoms with E-state index in [-0.39, 0.29) is 0 Å². The van der Waals surface area contributed by atoms with Gasteiger partial charge in [0.15, 0.2) is 0 Å². The van der Waals surface area contributed by atoms with E-state index in [1.807, 2.05) is 0 Å². The van der Waals surface area contributed by atoms with Gasteiger partial charge >= 0.3 is 0 Å². The van der Waals surface area contributed by atoms with Crippen LogP contribution < -0.4 is 0 Å². The monoisotopic (exact) mass is 2020 g/mol. The van der Waals surface area contributed by atoms with E-state index >= 15 is 0 Å². The Morgan fingerprint density at radius 3 is 0.0208 bits per heavy atom. The van der Waals surface area contributed by atoms with E-state index in [0.717, 1.165) is 0 Å². The second-order valence-electron chi connectivity index (χ2n) is 50.9. The van der Waals surface area contributed by atoms with E-state index in [2.05, 4.69) is 0 Å². The Hall–Kier alpha value is 0. The molecule has 144 heavy (non-hydrogen) atoms. The fraction of sp³-hybridized carbons (Fsp3) is 1.00. The van der Waals surface area contributed by atoms with E-state index in [1.54, 1.807) is 0 Å². The zero-order valence-electron chi connectivity index (χ0n) is 102. The molecule has 0 saturated heterocycles. The number of hydrogen-bond donors (Lipinski definition) is 0. The molecule has 0 bridgehead atoms. The van der Waals surface area contributed by atoms with Crippen molar-refractivity contribution in [2.45, 2.75) is 925 Å². The van der Waals surface area contributed by atoms with Crippen LogP contribution in [0.15, 0.2) is 0 Å². The molecular weight excluding hydrogens is 1730 g/mol. The van der Waals surface area contributed by atoms with E-state index in [9.17, 15) is 0 Å². The predicted molar refractivity (Wildman–Crippen MR) is 665 cm³/mol. The van der Waals surface area contributed by atoms with Gasteiger partial charge in [-0.3, -0.25) is 0 Å². The van der Waals surface area contributed by atoms with Gasteiger partial charge in [-0.05, 0) is 0 Å². The molecule has 48 aliphatic rings. The largest absolute Gasteiger partial charge is 0.0533 e. The van der Waals surface area contributed by atoms with Crippen LogP contribution in [0.2, 0.25) is 0 Å². The Morgan fingerprint density at radius 1 is 0.0139 bits per heavy atom. The molecule has 0 spiro atoms. The molecule has 48 fully saturated rings. The molecule has 0 N–H and O–H groups in total. The van der Waals surface area contributed by atoms with Crippen molar-refractivity contribution in [3.8, 4) is 0 Å².